The zero-order valence-corrected chi connectivity index (χ0v) is 23.7. The highest BCUT2D eigenvalue weighted by Crippen LogP contribution is 3.02. The lowest BCUT2D eigenvalue weighted by Crippen LogP contribution is -2.57. The number of hydrogen-bond acceptors (Lipinski definition) is 5. The summed E-state index contributed by atoms with van der Waals surface area (Å²) < 4.78 is 94.2. The number of nitriles is 1. The third kappa shape index (κ3) is 6.32. The van der Waals surface area contributed by atoms with Crippen LogP contribution in [0.15, 0.2) is 29.2 Å². The molecule has 5 rings (SSSR count). The molecular formula is C25H32F5N5O4S2. The van der Waals surface area contributed by atoms with Crippen molar-refractivity contribution in [3.05, 3.63) is 29.8 Å². The van der Waals surface area contributed by atoms with Gasteiger partial charge < -0.3 is 10.2 Å². The Morgan fingerprint density at radius 3 is 2.15 bits per heavy atom. The minimum atomic E-state index is -9.82. The number of benzene rings is 1. The van der Waals surface area contributed by atoms with Crippen LogP contribution >= 0.6 is 10.2 Å². The first-order valence-electron chi connectivity index (χ1n) is 13.6. The molecular weight excluding hydrogens is 593 g/mol. The lowest BCUT2D eigenvalue weighted by Gasteiger charge is -2.41. The predicted octanol–water partition coefficient (Wildman–Crippen LogP) is 4.31. The van der Waals surface area contributed by atoms with Crippen molar-refractivity contribution >= 4 is 32.2 Å². The minimum absolute atomic E-state index is 0.0249. The smallest absolute Gasteiger partial charge is 0.310 e. The van der Waals surface area contributed by atoms with Gasteiger partial charge in [-0.25, -0.2) is 0 Å². The van der Waals surface area contributed by atoms with Crippen molar-refractivity contribution in [2.45, 2.75) is 55.5 Å². The molecule has 3 heterocycles. The summed E-state index contributed by atoms with van der Waals surface area (Å²) in [4.78, 5) is 26.3. The van der Waals surface area contributed by atoms with Crippen LogP contribution in [-0.4, -0.2) is 72.5 Å². The summed E-state index contributed by atoms with van der Waals surface area (Å²) in [5.74, 6) is -1.86. The number of rotatable bonds is 8. The van der Waals surface area contributed by atoms with E-state index in [0.717, 1.165) is 12.1 Å². The molecule has 0 unspecified atom stereocenters. The van der Waals surface area contributed by atoms with E-state index in [4.69, 9.17) is 5.26 Å². The van der Waals surface area contributed by atoms with Gasteiger partial charge in [0.15, 0.2) is 0 Å². The van der Waals surface area contributed by atoms with Crippen LogP contribution in [0.25, 0.3) is 0 Å². The summed E-state index contributed by atoms with van der Waals surface area (Å²) in [6, 6.07) is 3.13. The van der Waals surface area contributed by atoms with Crippen LogP contribution in [0.2, 0.25) is 0 Å². The van der Waals surface area contributed by atoms with Crippen LogP contribution in [0, 0.1) is 29.1 Å². The lowest BCUT2D eigenvalue weighted by molar-refractivity contribution is -0.142. The van der Waals surface area contributed by atoms with Crippen molar-refractivity contribution in [2.24, 2.45) is 17.8 Å². The van der Waals surface area contributed by atoms with E-state index in [9.17, 15) is 37.4 Å². The molecule has 3 aliphatic heterocycles. The van der Waals surface area contributed by atoms with Gasteiger partial charge in [-0.3, -0.25) is 9.59 Å². The van der Waals surface area contributed by atoms with Crippen LogP contribution in [0.1, 0.15) is 50.1 Å². The van der Waals surface area contributed by atoms with Gasteiger partial charge >= 0.3 is 10.2 Å². The van der Waals surface area contributed by atoms with E-state index in [2.05, 4.69) is 5.32 Å². The number of piperidine rings is 1. The minimum Gasteiger partial charge on any atom is -0.347 e. The molecule has 0 aromatic heterocycles. The van der Waals surface area contributed by atoms with Gasteiger partial charge in [-0.15, -0.1) is 0 Å². The number of carbonyl (C=O) groups excluding carboxylic acids is 2. The van der Waals surface area contributed by atoms with Crippen molar-refractivity contribution < 1.29 is 37.4 Å². The summed E-state index contributed by atoms with van der Waals surface area (Å²) in [6.45, 7) is 0.778. The summed E-state index contributed by atoms with van der Waals surface area (Å²) >= 11 is 0. The highest BCUT2D eigenvalue weighted by atomic mass is 32.5. The zero-order valence-electron chi connectivity index (χ0n) is 22.1. The number of hydrogen-bond donors (Lipinski definition) is 1. The molecule has 4 fully saturated rings. The molecule has 3 atom stereocenters. The summed E-state index contributed by atoms with van der Waals surface area (Å²) in [6.07, 6.45) is 3.26. The molecule has 9 nitrogen and oxygen atoms in total. The highest BCUT2D eigenvalue weighted by molar-refractivity contribution is 8.45. The Morgan fingerprint density at radius 2 is 1.56 bits per heavy atom. The number of nitrogens with one attached hydrogen (secondary N) is 1. The lowest BCUT2D eigenvalue weighted by atomic mass is 9.97. The molecule has 3 saturated heterocycles. The topological polar surface area (TPSA) is 114 Å². The largest absolute Gasteiger partial charge is 0.347 e. The Kier molecular flexibility index (Phi) is 7.16. The van der Waals surface area contributed by atoms with Gasteiger partial charge in [0.2, 0.25) is 11.8 Å². The Morgan fingerprint density at radius 1 is 0.927 bits per heavy atom. The van der Waals surface area contributed by atoms with E-state index in [1.807, 2.05) is 6.07 Å². The fourth-order valence-corrected chi connectivity index (χ4v) is 8.29. The average molecular weight is 626 g/mol. The van der Waals surface area contributed by atoms with Gasteiger partial charge in [0, 0.05) is 32.7 Å². The first-order valence-corrected chi connectivity index (χ1v) is 16.9. The SMILES string of the molecule is N#CC1CN(S(=O)(=O)N2CCC[C@H](C(=O)N3CCC[C@@H]3C(=O)N[C@@H](c3ccc(S(F)(F)(F)(F)F)cc3)C3CC3)C2)C1. The second kappa shape index (κ2) is 9.78. The van der Waals surface area contributed by atoms with Crippen LogP contribution in [0.3, 0.4) is 0 Å². The van der Waals surface area contributed by atoms with Crippen LogP contribution in [-0.2, 0) is 19.8 Å². The molecule has 16 heteroatoms. The fourth-order valence-electron chi connectivity index (χ4n) is 5.85. The Balaban J connectivity index is 1.25. The van der Waals surface area contributed by atoms with Gasteiger partial charge in [-0.05, 0) is 62.1 Å². The Bertz CT molecular complexity index is 1360. The Labute approximate surface area is 235 Å². The molecule has 1 aliphatic carbocycles. The number of nitrogens with zero attached hydrogens (tertiary/aromatic N) is 4. The van der Waals surface area contributed by atoms with E-state index >= 15 is 0 Å². The van der Waals surface area contributed by atoms with Crippen molar-refractivity contribution in [2.75, 3.05) is 32.7 Å². The molecule has 2 amide bonds. The molecule has 0 radical (unpaired) electrons. The maximum atomic E-state index is 13.5. The normalized spacial score (nSPS) is 27.3. The van der Waals surface area contributed by atoms with Gasteiger partial charge in [0.1, 0.15) is 10.9 Å². The number of amides is 2. The summed E-state index contributed by atoms with van der Waals surface area (Å²) in [7, 11) is -13.6. The molecule has 1 aromatic carbocycles. The number of carbonyl (C=O) groups is 2. The zero-order chi connectivity index (χ0) is 29.9. The highest BCUT2D eigenvalue weighted by Gasteiger charge is 2.65. The number of likely N-dealkylation sites (tertiary alicyclic amines) is 1. The second-order valence-corrected chi connectivity index (χ2v) is 15.7. The second-order valence-electron chi connectivity index (χ2n) is 11.4. The van der Waals surface area contributed by atoms with E-state index in [-0.39, 0.29) is 49.5 Å². The number of halogens is 5. The first-order chi connectivity index (χ1) is 19.0. The fraction of sp³-hybridized carbons (Fsp3) is 0.640. The van der Waals surface area contributed by atoms with Gasteiger partial charge in [0.25, 0.3) is 10.2 Å². The monoisotopic (exact) mass is 625 g/mol. The van der Waals surface area contributed by atoms with Crippen molar-refractivity contribution in [3.63, 3.8) is 0 Å². The third-order valence-electron chi connectivity index (χ3n) is 8.33. The van der Waals surface area contributed by atoms with Crippen LogP contribution in [0.4, 0.5) is 19.4 Å². The molecule has 0 bridgehead atoms. The first kappa shape index (κ1) is 30.0. The van der Waals surface area contributed by atoms with Gasteiger partial charge in [-0.2, -0.15) is 22.3 Å². The van der Waals surface area contributed by atoms with Crippen LogP contribution in [0.5, 0.6) is 0 Å². The van der Waals surface area contributed by atoms with Crippen LogP contribution < -0.4 is 5.32 Å². The molecule has 228 valence electrons. The molecule has 1 saturated carbocycles. The molecule has 41 heavy (non-hydrogen) atoms. The standard InChI is InChI=1S/C25H32F5N5O4S2/c26-41(27,28,29,30)21-9-7-19(8-10-21)23(18-5-6-18)32-24(36)22-4-2-12-35(22)25(37)20-3-1-11-33(16-20)40(38,39)34-14-17(13-31)15-34/h7-10,17-18,20,22-23H,1-6,11-12,14-16H2,(H,32,36)/t20-,22+,23+/m0/s1. The van der Waals surface area contributed by atoms with Gasteiger partial charge in [0.05, 0.1) is 23.9 Å². The van der Waals surface area contributed by atoms with E-state index in [1.54, 1.807) is 0 Å². The van der Waals surface area contributed by atoms with E-state index in [1.165, 1.54) is 13.5 Å². The molecule has 1 aromatic rings. The molecule has 4 aliphatic rings. The maximum Gasteiger partial charge on any atom is 0.310 e. The third-order valence-corrected chi connectivity index (χ3v) is 11.4. The van der Waals surface area contributed by atoms with E-state index in [0.29, 0.717) is 57.2 Å². The maximum absolute atomic E-state index is 13.5. The molecule has 1 N–H and O–H groups in total. The average Bonchev–Trinajstić information content (AvgIpc) is 3.59. The quantitative estimate of drug-likeness (QED) is 0.433. The van der Waals surface area contributed by atoms with Crippen molar-refractivity contribution in [3.8, 4) is 6.07 Å². The van der Waals surface area contributed by atoms with Gasteiger partial charge in [-0.1, -0.05) is 31.6 Å². The van der Waals surface area contributed by atoms with E-state index < -0.39 is 49.2 Å². The summed E-state index contributed by atoms with van der Waals surface area (Å²) in [5.41, 5.74) is 0.278. The van der Waals surface area contributed by atoms with Crippen molar-refractivity contribution in [1.29, 1.82) is 5.26 Å². The predicted molar refractivity (Wildman–Crippen MR) is 140 cm³/mol. The van der Waals surface area contributed by atoms with Crippen molar-refractivity contribution in [1.82, 2.24) is 18.8 Å². The Hall–Kier alpha value is -2.48. The summed E-state index contributed by atoms with van der Waals surface area (Å²) in [5, 5.41) is 11.8. The molecule has 0 spiro atoms.